The van der Waals surface area contributed by atoms with Gasteiger partial charge in [-0.3, -0.25) is 4.79 Å². The topological polar surface area (TPSA) is 101 Å². The van der Waals surface area contributed by atoms with Crippen molar-refractivity contribution < 1.29 is 4.79 Å². The van der Waals surface area contributed by atoms with E-state index in [4.69, 9.17) is 5.73 Å². The monoisotopic (exact) mass is 348 g/mol. The standard InChI is InChI=1S/C19H20N6O/c1-10(2)16-8-13(17-18(20)22-9-23-25(16)17)15-6-11-4-5-12(19(26)21-3)7-14(11)24-15/h4-10,24H,1-3H3,(H,21,26)(H2,20,22,23). The van der Waals surface area contributed by atoms with Crippen LogP contribution in [0.5, 0.6) is 0 Å². The quantitative estimate of drug-likeness (QED) is 0.530. The van der Waals surface area contributed by atoms with Gasteiger partial charge in [-0.25, -0.2) is 9.50 Å². The SMILES string of the molecule is CNC(=O)c1ccc2cc(-c3cc(C(C)C)n4ncnc(N)c34)[nH]c2c1. The van der Waals surface area contributed by atoms with Crippen molar-refractivity contribution in [3.63, 3.8) is 0 Å². The van der Waals surface area contributed by atoms with Crippen LogP contribution in [0.15, 0.2) is 36.7 Å². The van der Waals surface area contributed by atoms with Crippen LogP contribution in [0.25, 0.3) is 27.7 Å². The van der Waals surface area contributed by atoms with Gasteiger partial charge in [-0.1, -0.05) is 19.9 Å². The minimum absolute atomic E-state index is 0.114. The fraction of sp³-hybridized carbons (Fsp3) is 0.211. The van der Waals surface area contributed by atoms with E-state index in [1.165, 1.54) is 6.33 Å². The Bertz CT molecular complexity index is 1140. The molecule has 0 atom stereocenters. The van der Waals surface area contributed by atoms with Crippen molar-refractivity contribution in [1.82, 2.24) is 24.9 Å². The highest BCUT2D eigenvalue weighted by atomic mass is 16.1. The Balaban J connectivity index is 1.94. The van der Waals surface area contributed by atoms with Crippen LogP contribution in [0.3, 0.4) is 0 Å². The molecular formula is C19H20N6O. The smallest absolute Gasteiger partial charge is 0.251 e. The summed E-state index contributed by atoms with van der Waals surface area (Å²) in [6, 6.07) is 9.73. The van der Waals surface area contributed by atoms with Crippen molar-refractivity contribution in [2.45, 2.75) is 19.8 Å². The molecule has 4 rings (SSSR count). The highest BCUT2D eigenvalue weighted by Gasteiger charge is 2.18. The predicted octanol–water partition coefficient (Wildman–Crippen LogP) is 2.94. The molecule has 132 valence electrons. The summed E-state index contributed by atoms with van der Waals surface area (Å²) in [6.07, 6.45) is 1.47. The molecule has 0 saturated carbocycles. The van der Waals surface area contributed by atoms with Gasteiger partial charge in [0.1, 0.15) is 11.8 Å². The summed E-state index contributed by atoms with van der Waals surface area (Å²) in [7, 11) is 1.62. The number of rotatable bonds is 3. The van der Waals surface area contributed by atoms with Crippen LogP contribution in [0.1, 0.15) is 35.8 Å². The number of hydrogen-bond donors (Lipinski definition) is 3. The Hall–Kier alpha value is -3.35. The summed E-state index contributed by atoms with van der Waals surface area (Å²) < 4.78 is 1.85. The van der Waals surface area contributed by atoms with Gasteiger partial charge in [-0.15, -0.1) is 0 Å². The van der Waals surface area contributed by atoms with Crippen LogP contribution in [0.2, 0.25) is 0 Å². The maximum Gasteiger partial charge on any atom is 0.251 e. The molecule has 0 bridgehead atoms. The zero-order valence-electron chi connectivity index (χ0n) is 14.9. The fourth-order valence-electron chi connectivity index (χ4n) is 3.27. The van der Waals surface area contributed by atoms with E-state index in [0.29, 0.717) is 11.4 Å². The van der Waals surface area contributed by atoms with Gasteiger partial charge >= 0.3 is 0 Å². The van der Waals surface area contributed by atoms with E-state index in [-0.39, 0.29) is 11.8 Å². The number of hydrogen-bond acceptors (Lipinski definition) is 4. The predicted molar refractivity (Wildman–Crippen MR) is 102 cm³/mol. The van der Waals surface area contributed by atoms with E-state index in [9.17, 15) is 4.79 Å². The molecule has 0 aliphatic carbocycles. The number of fused-ring (bicyclic) bond motifs is 2. The lowest BCUT2D eigenvalue weighted by Crippen LogP contribution is -2.17. The number of nitrogen functional groups attached to an aromatic ring is 1. The normalized spacial score (nSPS) is 11.5. The van der Waals surface area contributed by atoms with E-state index in [1.807, 2.05) is 22.7 Å². The number of amides is 1. The lowest BCUT2D eigenvalue weighted by molar-refractivity contribution is 0.0963. The first kappa shape index (κ1) is 16.1. The van der Waals surface area contributed by atoms with Crippen molar-refractivity contribution in [3.05, 3.63) is 47.9 Å². The molecule has 1 amide bonds. The molecule has 0 unspecified atom stereocenters. The van der Waals surface area contributed by atoms with Gasteiger partial charge in [-0.2, -0.15) is 5.10 Å². The van der Waals surface area contributed by atoms with Crippen LogP contribution < -0.4 is 11.1 Å². The van der Waals surface area contributed by atoms with E-state index in [1.54, 1.807) is 7.05 Å². The number of H-pyrrole nitrogens is 1. The van der Waals surface area contributed by atoms with Gasteiger partial charge in [0.25, 0.3) is 5.91 Å². The van der Waals surface area contributed by atoms with E-state index < -0.39 is 0 Å². The average Bonchev–Trinajstić information content (AvgIpc) is 3.22. The summed E-state index contributed by atoms with van der Waals surface area (Å²) >= 11 is 0. The Morgan fingerprint density at radius 1 is 1.27 bits per heavy atom. The van der Waals surface area contributed by atoms with Gasteiger partial charge < -0.3 is 16.0 Å². The second-order valence-electron chi connectivity index (χ2n) is 6.61. The summed E-state index contributed by atoms with van der Waals surface area (Å²) in [6.45, 7) is 4.23. The molecule has 3 heterocycles. The first-order chi connectivity index (χ1) is 12.5. The van der Waals surface area contributed by atoms with Crippen molar-refractivity contribution in [1.29, 1.82) is 0 Å². The second-order valence-corrected chi connectivity index (χ2v) is 6.61. The Morgan fingerprint density at radius 2 is 2.08 bits per heavy atom. The van der Waals surface area contributed by atoms with E-state index in [2.05, 4.69) is 46.4 Å². The molecular weight excluding hydrogens is 328 g/mol. The minimum Gasteiger partial charge on any atom is -0.382 e. The Labute approximate surface area is 150 Å². The summed E-state index contributed by atoms with van der Waals surface area (Å²) in [5, 5.41) is 8.03. The minimum atomic E-state index is -0.114. The Kier molecular flexibility index (Phi) is 3.64. The maximum atomic E-state index is 11.9. The number of carbonyl (C=O) groups excluding carboxylic acids is 1. The lowest BCUT2D eigenvalue weighted by atomic mass is 10.1. The number of nitrogens with two attached hydrogens (primary N) is 1. The molecule has 7 heteroatoms. The zero-order valence-corrected chi connectivity index (χ0v) is 14.9. The van der Waals surface area contributed by atoms with Crippen molar-refractivity contribution in [3.8, 4) is 11.3 Å². The van der Waals surface area contributed by atoms with Crippen LogP contribution in [-0.2, 0) is 0 Å². The molecule has 0 fully saturated rings. The molecule has 4 aromatic rings. The number of aromatic amines is 1. The van der Waals surface area contributed by atoms with E-state index >= 15 is 0 Å². The van der Waals surface area contributed by atoms with Crippen molar-refractivity contribution in [2.75, 3.05) is 12.8 Å². The van der Waals surface area contributed by atoms with Crippen LogP contribution in [0.4, 0.5) is 5.82 Å². The number of anilines is 1. The van der Waals surface area contributed by atoms with Gasteiger partial charge in [0, 0.05) is 40.5 Å². The highest BCUT2D eigenvalue weighted by Crippen LogP contribution is 2.34. The molecule has 0 saturated heterocycles. The van der Waals surface area contributed by atoms with Crippen LogP contribution >= 0.6 is 0 Å². The first-order valence-corrected chi connectivity index (χ1v) is 8.47. The van der Waals surface area contributed by atoms with Crippen molar-refractivity contribution >= 4 is 28.1 Å². The molecule has 1 aromatic carbocycles. The summed E-state index contributed by atoms with van der Waals surface area (Å²) in [5.41, 5.74) is 11.4. The number of benzene rings is 1. The summed E-state index contributed by atoms with van der Waals surface area (Å²) in [5.74, 6) is 0.610. The third-order valence-electron chi connectivity index (χ3n) is 4.60. The van der Waals surface area contributed by atoms with Crippen LogP contribution in [-0.4, -0.2) is 32.5 Å². The van der Waals surface area contributed by atoms with Gasteiger partial charge in [0.2, 0.25) is 0 Å². The number of nitrogens with one attached hydrogen (secondary N) is 2. The summed E-state index contributed by atoms with van der Waals surface area (Å²) in [4.78, 5) is 19.4. The van der Waals surface area contributed by atoms with E-state index in [0.717, 1.165) is 33.4 Å². The fourth-order valence-corrected chi connectivity index (χ4v) is 3.27. The van der Waals surface area contributed by atoms with Gasteiger partial charge in [0.15, 0.2) is 5.82 Å². The molecule has 0 radical (unpaired) electrons. The molecule has 4 N–H and O–H groups in total. The number of nitrogens with zero attached hydrogens (tertiary/aromatic N) is 3. The van der Waals surface area contributed by atoms with Crippen LogP contribution in [0, 0.1) is 0 Å². The number of aromatic nitrogens is 4. The van der Waals surface area contributed by atoms with Crippen molar-refractivity contribution in [2.24, 2.45) is 0 Å². The average molecular weight is 348 g/mol. The third kappa shape index (κ3) is 2.40. The number of carbonyl (C=O) groups is 1. The molecule has 0 aliphatic heterocycles. The lowest BCUT2D eigenvalue weighted by Gasteiger charge is -2.04. The van der Waals surface area contributed by atoms with Gasteiger partial charge in [-0.05, 0) is 30.2 Å². The molecule has 7 nitrogen and oxygen atoms in total. The maximum absolute atomic E-state index is 11.9. The third-order valence-corrected chi connectivity index (χ3v) is 4.60. The largest absolute Gasteiger partial charge is 0.382 e. The molecule has 3 aromatic heterocycles. The molecule has 0 spiro atoms. The zero-order chi connectivity index (χ0) is 18.4. The second kappa shape index (κ2) is 5.87. The molecule has 26 heavy (non-hydrogen) atoms. The first-order valence-electron chi connectivity index (χ1n) is 8.47. The molecule has 0 aliphatic rings. The Morgan fingerprint density at radius 3 is 2.81 bits per heavy atom. The highest BCUT2D eigenvalue weighted by molar-refractivity contribution is 5.99. The van der Waals surface area contributed by atoms with Gasteiger partial charge in [0.05, 0.1) is 0 Å².